The maximum atomic E-state index is 15.5. The van der Waals surface area contributed by atoms with Gasteiger partial charge in [-0.25, -0.2) is 32.6 Å². The molecule has 1 unspecified atom stereocenters. The molecule has 0 saturated carbocycles. The quantitative estimate of drug-likeness (QED) is 0.231. The predicted molar refractivity (Wildman–Crippen MR) is 169 cm³/mol. The van der Waals surface area contributed by atoms with Crippen molar-refractivity contribution in [2.75, 3.05) is 57.5 Å². The minimum Gasteiger partial charge on any atom is -0.465 e. The molecule has 1 aliphatic heterocycles. The summed E-state index contributed by atoms with van der Waals surface area (Å²) >= 11 is 0.814. The van der Waals surface area contributed by atoms with Crippen molar-refractivity contribution in [3.63, 3.8) is 0 Å². The number of nitrogens with zero attached hydrogens (tertiary/aromatic N) is 6. The average Bonchev–Trinajstić information content (AvgIpc) is 3.34. The van der Waals surface area contributed by atoms with E-state index in [1.54, 1.807) is 19.1 Å². The van der Waals surface area contributed by atoms with Crippen LogP contribution >= 0.6 is 11.3 Å². The van der Waals surface area contributed by atoms with Gasteiger partial charge in [0.25, 0.3) is 10.0 Å². The topological polar surface area (TPSA) is 144 Å². The van der Waals surface area contributed by atoms with Gasteiger partial charge in [-0.2, -0.15) is 4.31 Å². The van der Waals surface area contributed by atoms with Crippen molar-refractivity contribution < 1.29 is 22.7 Å². The molecule has 2 aromatic carbocycles. The summed E-state index contributed by atoms with van der Waals surface area (Å²) in [5, 5.41) is 15.3. The van der Waals surface area contributed by atoms with E-state index in [-0.39, 0.29) is 26.9 Å². The van der Waals surface area contributed by atoms with E-state index in [9.17, 15) is 13.2 Å². The molecule has 234 valence electrons. The second-order valence-corrected chi connectivity index (χ2v) is 14.1. The lowest BCUT2D eigenvalue weighted by Gasteiger charge is -2.35. The summed E-state index contributed by atoms with van der Waals surface area (Å²) in [5.41, 5.74) is 2.71. The minimum atomic E-state index is -3.80. The number of hydrogen-bond acceptors (Lipinski definition) is 10. The van der Waals surface area contributed by atoms with Crippen LogP contribution in [0, 0.1) is 12.7 Å². The van der Waals surface area contributed by atoms with Gasteiger partial charge in [0.05, 0.1) is 11.2 Å². The number of thiazole rings is 1. The Bertz CT molecular complexity index is 1770. The van der Waals surface area contributed by atoms with Crippen LogP contribution in [0.4, 0.5) is 20.1 Å². The molecule has 4 aromatic rings. The molecule has 1 amide bonds. The number of nitrogens with one attached hydrogen (secondary N) is 2. The van der Waals surface area contributed by atoms with E-state index in [0.717, 1.165) is 16.7 Å². The van der Waals surface area contributed by atoms with E-state index in [0.29, 0.717) is 67.3 Å². The fraction of sp³-hybridized carbons (Fsp3) is 0.379. The van der Waals surface area contributed by atoms with E-state index in [1.807, 2.05) is 50.2 Å². The van der Waals surface area contributed by atoms with Gasteiger partial charge < -0.3 is 15.3 Å². The molecule has 3 N–H and O–H groups in total. The number of piperazine rings is 1. The summed E-state index contributed by atoms with van der Waals surface area (Å²) in [5.74, 6) is 0.376. The first-order valence-corrected chi connectivity index (χ1v) is 16.3. The maximum Gasteiger partial charge on any atom is 0.410 e. The van der Waals surface area contributed by atoms with E-state index in [4.69, 9.17) is 5.11 Å². The normalized spacial score (nSPS) is 15.5. The second-order valence-electron chi connectivity index (χ2n) is 11.0. The Morgan fingerprint density at radius 1 is 1.11 bits per heavy atom. The van der Waals surface area contributed by atoms with Crippen molar-refractivity contribution in [1.82, 2.24) is 29.1 Å². The van der Waals surface area contributed by atoms with Gasteiger partial charge in [0.15, 0.2) is 9.34 Å². The number of carboxylic acid groups (broad SMARTS) is 1. The summed E-state index contributed by atoms with van der Waals surface area (Å²) in [4.78, 5) is 28.1. The minimum absolute atomic E-state index is 0.0273. The highest BCUT2D eigenvalue weighted by Gasteiger charge is 2.32. The monoisotopic (exact) mass is 642 g/mol. The molecule has 0 spiro atoms. The van der Waals surface area contributed by atoms with Gasteiger partial charge >= 0.3 is 6.09 Å². The Hall–Kier alpha value is -3.76. The first-order valence-electron chi connectivity index (χ1n) is 14.1. The molecule has 0 radical (unpaired) electrons. The fourth-order valence-electron chi connectivity index (χ4n) is 5.37. The maximum absolute atomic E-state index is 15.5. The van der Waals surface area contributed by atoms with Crippen LogP contribution < -0.4 is 10.6 Å². The molecule has 3 heterocycles. The lowest BCUT2D eigenvalue weighted by atomic mass is 9.99. The van der Waals surface area contributed by atoms with Crippen molar-refractivity contribution in [2.24, 2.45) is 0 Å². The predicted octanol–water partition coefficient (Wildman–Crippen LogP) is 4.16. The zero-order valence-electron chi connectivity index (χ0n) is 24.9. The SMILES string of the molecule is Cc1nc(NC(=O)O)sc1S(=O)(=O)N1CCN(CC(C)Nc2ncnc3c(-c4cccc(CN(C)C)c4F)cccc23)CC1. The van der Waals surface area contributed by atoms with Gasteiger partial charge in [-0.05, 0) is 34.0 Å². The molecule has 44 heavy (non-hydrogen) atoms. The van der Waals surface area contributed by atoms with Crippen molar-refractivity contribution in [2.45, 2.75) is 30.6 Å². The average molecular weight is 643 g/mol. The highest BCUT2D eigenvalue weighted by Crippen LogP contribution is 2.33. The highest BCUT2D eigenvalue weighted by molar-refractivity contribution is 7.91. The van der Waals surface area contributed by atoms with E-state index in [1.165, 1.54) is 10.6 Å². The molecule has 2 aromatic heterocycles. The number of para-hydroxylation sites is 1. The second kappa shape index (κ2) is 13.1. The number of hydrogen-bond donors (Lipinski definition) is 3. The number of anilines is 2. The van der Waals surface area contributed by atoms with Crippen molar-refractivity contribution in [3.05, 3.63) is 59.8 Å². The molecular weight excluding hydrogens is 608 g/mol. The van der Waals surface area contributed by atoms with Crippen LogP contribution in [0.1, 0.15) is 18.2 Å². The molecule has 0 aliphatic carbocycles. The number of carbonyl (C=O) groups is 1. The smallest absolute Gasteiger partial charge is 0.410 e. The summed E-state index contributed by atoms with van der Waals surface area (Å²) in [6, 6.07) is 11.0. The van der Waals surface area contributed by atoms with Gasteiger partial charge in [0, 0.05) is 67.4 Å². The third kappa shape index (κ3) is 6.81. The standard InChI is InChI=1S/C29H35FN8O4S2/c1-18(15-37-11-13-38(14-12-37)44(41,42)27-19(2)34-28(43-27)35-29(39)40)33-26-23-10-6-9-22(25(23)31-17-32-26)21-8-5-7-20(24(21)30)16-36(3)4/h5-10,17-18H,11-16H2,1-4H3,(H,34,35)(H,39,40)(H,31,32,33). The Balaban J connectivity index is 1.26. The molecule has 1 fully saturated rings. The first kappa shape index (κ1) is 31.7. The fourth-order valence-corrected chi connectivity index (χ4v) is 8.33. The number of aromatic nitrogens is 3. The zero-order chi connectivity index (χ0) is 31.6. The van der Waals surface area contributed by atoms with Crippen molar-refractivity contribution >= 4 is 49.3 Å². The molecule has 15 heteroatoms. The van der Waals surface area contributed by atoms with E-state index >= 15 is 4.39 Å². The molecule has 1 aliphatic rings. The number of rotatable bonds is 10. The summed E-state index contributed by atoms with van der Waals surface area (Å²) in [6.07, 6.45) is 0.180. The highest BCUT2D eigenvalue weighted by atomic mass is 32.2. The van der Waals surface area contributed by atoms with Crippen LogP contribution in [0.2, 0.25) is 0 Å². The lowest BCUT2D eigenvalue weighted by molar-refractivity contribution is 0.184. The van der Waals surface area contributed by atoms with Gasteiger partial charge in [-0.15, -0.1) is 0 Å². The molecule has 1 saturated heterocycles. The number of fused-ring (bicyclic) bond motifs is 1. The molecule has 12 nitrogen and oxygen atoms in total. The largest absolute Gasteiger partial charge is 0.465 e. The third-order valence-electron chi connectivity index (χ3n) is 7.31. The van der Waals surface area contributed by atoms with Gasteiger partial charge in [-0.3, -0.25) is 10.2 Å². The molecule has 1 atom stereocenters. The van der Waals surface area contributed by atoms with Crippen LogP contribution in [0.5, 0.6) is 0 Å². The summed E-state index contributed by atoms with van der Waals surface area (Å²) < 4.78 is 43.5. The van der Waals surface area contributed by atoms with Crippen LogP contribution in [0.3, 0.4) is 0 Å². The first-order chi connectivity index (χ1) is 20.9. The van der Waals surface area contributed by atoms with Crippen LogP contribution in [0.25, 0.3) is 22.0 Å². The Kier molecular flexibility index (Phi) is 9.41. The summed E-state index contributed by atoms with van der Waals surface area (Å²) in [7, 11) is 0.00320. The zero-order valence-corrected chi connectivity index (χ0v) is 26.5. The Morgan fingerprint density at radius 3 is 2.52 bits per heavy atom. The summed E-state index contributed by atoms with van der Waals surface area (Å²) in [6.45, 7) is 6.37. The molecule has 0 bridgehead atoms. The number of benzene rings is 2. The van der Waals surface area contributed by atoms with Gasteiger partial charge in [0.1, 0.15) is 18.0 Å². The van der Waals surface area contributed by atoms with Crippen LogP contribution in [-0.2, 0) is 16.6 Å². The number of amides is 1. The van der Waals surface area contributed by atoms with Crippen LogP contribution in [0.15, 0.2) is 46.9 Å². The van der Waals surface area contributed by atoms with E-state index in [2.05, 4.69) is 30.5 Å². The molecule has 5 rings (SSSR count). The molecular formula is C29H35FN8O4S2. The number of halogens is 1. The van der Waals surface area contributed by atoms with Crippen LogP contribution in [-0.4, -0.2) is 102 Å². The Morgan fingerprint density at radius 2 is 1.82 bits per heavy atom. The Labute approximate surface area is 259 Å². The van der Waals surface area contributed by atoms with E-state index < -0.39 is 16.1 Å². The van der Waals surface area contributed by atoms with Crippen molar-refractivity contribution in [1.29, 1.82) is 0 Å². The third-order valence-corrected chi connectivity index (χ3v) is 10.9. The van der Waals surface area contributed by atoms with Gasteiger partial charge in [-0.1, -0.05) is 41.7 Å². The van der Waals surface area contributed by atoms with Crippen molar-refractivity contribution in [3.8, 4) is 11.1 Å². The number of aryl methyl sites for hydroxylation is 1. The lowest BCUT2D eigenvalue weighted by Crippen LogP contribution is -2.50. The number of sulfonamides is 1. The van der Waals surface area contributed by atoms with Gasteiger partial charge in [0.2, 0.25) is 0 Å².